The zero-order valence-electron chi connectivity index (χ0n) is 39.7. The molecule has 0 aromatic carbocycles. The number of rotatable bonds is 46. The quantitative estimate of drug-likeness (QED) is 0.0263. The number of esters is 3. The van der Waals surface area contributed by atoms with E-state index >= 15 is 0 Å². The van der Waals surface area contributed by atoms with Crippen LogP contribution in [0.1, 0.15) is 258 Å². The van der Waals surface area contributed by atoms with Crippen LogP contribution < -0.4 is 0 Å². The van der Waals surface area contributed by atoms with Gasteiger partial charge in [-0.05, 0) is 83.5 Å². The maximum atomic E-state index is 12.8. The maximum absolute atomic E-state index is 12.8. The summed E-state index contributed by atoms with van der Waals surface area (Å²) >= 11 is 0. The van der Waals surface area contributed by atoms with Crippen molar-refractivity contribution in [3.63, 3.8) is 0 Å². The fourth-order valence-corrected chi connectivity index (χ4v) is 7.15. The largest absolute Gasteiger partial charge is 0.462 e. The van der Waals surface area contributed by atoms with Crippen LogP contribution in [0, 0.1) is 0 Å². The molecular formula is C54H96O6. The van der Waals surface area contributed by atoms with Crippen LogP contribution in [-0.2, 0) is 28.6 Å². The summed E-state index contributed by atoms with van der Waals surface area (Å²) in [5.74, 6) is -0.910. The minimum absolute atomic E-state index is 0.0821. The Kier molecular flexibility index (Phi) is 46.9. The summed E-state index contributed by atoms with van der Waals surface area (Å²) in [5.41, 5.74) is 0. The molecular weight excluding hydrogens is 745 g/mol. The lowest BCUT2D eigenvalue weighted by Gasteiger charge is -2.18. The number of hydrogen-bond acceptors (Lipinski definition) is 6. The zero-order chi connectivity index (χ0) is 43.7. The van der Waals surface area contributed by atoms with Crippen molar-refractivity contribution in [2.75, 3.05) is 13.2 Å². The molecule has 0 radical (unpaired) electrons. The molecule has 0 spiro atoms. The first kappa shape index (κ1) is 57.4. The van der Waals surface area contributed by atoms with E-state index in [1.165, 1.54) is 122 Å². The van der Waals surface area contributed by atoms with Gasteiger partial charge in [-0.15, -0.1) is 0 Å². The molecule has 0 aliphatic heterocycles. The van der Waals surface area contributed by atoms with E-state index in [9.17, 15) is 14.4 Å². The fourth-order valence-electron chi connectivity index (χ4n) is 7.15. The average molecular weight is 841 g/mol. The van der Waals surface area contributed by atoms with E-state index in [0.717, 1.165) is 96.3 Å². The molecule has 1 atom stereocenters. The van der Waals surface area contributed by atoms with Crippen LogP contribution >= 0.6 is 0 Å². The van der Waals surface area contributed by atoms with Gasteiger partial charge in [-0.3, -0.25) is 14.4 Å². The third kappa shape index (κ3) is 46.4. The first-order valence-corrected chi connectivity index (χ1v) is 25.6. The van der Waals surface area contributed by atoms with E-state index in [0.29, 0.717) is 19.3 Å². The zero-order valence-corrected chi connectivity index (χ0v) is 39.7. The van der Waals surface area contributed by atoms with Crippen molar-refractivity contribution in [1.29, 1.82) is 0 Å². The van der Waals surface area contributed by atoms with Gasteiger partial charge in [0, 0.05) is 19.3 Å². The third-order valence-electron chi connectivity index (χ3n) is 11.1. The Morgan fingerprint density at radius 1 is 0.333 bits per heavy atom. The van der Waals surface area contributed by atoms with Crippen LogP contribution in [0.4, 0.5) is 0 Å². The smallest absolute Gasteiger partial charge is 0.306 e. The van der Waals surface area contributed by atoms with Gasteiger partial charge in [0.15, 0.2) is 6.10 Å². The van der Waals surface area contributed by atoms with Crippen LogP contribution in [0.2, 0.25) is 0 Å². The molecule has 0 saturated carbocycles. The highest BCUT2D eigenvalue weighted by molar-refractivity contribution is 5.71. The molecule has 60 heavy (non-hydrogen) atoms. The molecule has 0 aliphatic carbocycles. The summed E-state index contributed by atoms with van der Waals surface area (Å²) < 4.78 is 16.7. The van der Waals surface area contributed by atoms with E-state index < -0.39 is 6.10 Å². The summed E-state index contributed by atoms with van der Waals surface area (Å²) in [7, 11) is 0. The van der Waals surface area contributed by atoms with Crippen molar-refractivity contribution in [3.8, 4) is 0 Å². The Balaban J connectivity index is 4.37. The molecule has 0 aromatic heterocycles. The molecule has 6 nitrogen and oxygen atoms in total. The number of carbonyl (C=O) groups is 3. The van der Waals surface area contributed by atoms with Crippen molar-refractivity contribution in [1.82, 2.24) is 0 Å². The molecule has 0 bridgehead atoms. The first-order valence-electron chi connectivity index (χ1n) is 25.6. The lowest BCUT2D eigenvalue weighted by Crippen LogP contribution is -2.30. The monoisotopic (exact) mass is 841 g/mol. The summed E-state index contributed by atoms with van der Waals surface area (Å²) in [5, 5.41) is 0. The van der Waals surface area contributed by atoms with Crippen molar-refractivity contribution >= 4 is 17.9 Å². The minimum Gasteiger partial charge on any atom is -0.462 e. The second-order valence-electron chi connectivity index (χ2n) is 17.1. The van der Waals surface area contributed by atoms with Gasteiger partial charge in [-0.1, -0.05) is 204 Å². The van der Waals surface area contributed by atoms with E-state index in [-0.39, 0.29) is 31.1 Å². The minimum atomic E-state index is -0.782. The van der Waals surface area contributed by atoms with Gasteiger partial charge in [0.05, 0.1) is 0 Å². The number of carbonyl (C=O) groups excluding carboxylic acids is 3. The predicted molar refractivity (Wildman–Crippen MR) is 256 cm³/mol. The number of ether oxygens (including phenoxy) is 3. The summed E-state index contributed by atoms with van der Waals surface area (Å²) in [6.45, 7) is 6.57. The Morgan fingerprint density at radius 2 is 0.600 bits per heavy atom. The highest BCUT2D eigenvalue weighted by atomic mass is 16.6. The highest BCUT2D eigenvalue weighted by Crippen LogP contribution is 2.14. The summed E-state index contributed by atoms with van der Waals surface area (Å²) in [6, 6.07) is 0. The molecule has 0 fully saturated rings. The molecule has 0 aliphatic rings. The Labute approximate surface area is 371 Å². The fraction of sp³-hybridized carbons (Fsp3) is 0.796. The van der Waals surface area contributed by atoms with Gasteiger partial charge in [-0.25, -0.2) is 0 Å². The van der Waals surface area contributed by atoms with Gasteiger partial charge in [0.1, 0.15) is 13.2 Å². The molecule has 0 aromatic rings. The average Bonchev–Trinajstić information content (AvgIpc) is 3.24. The van der Waals surface area contributed by atoms with Crippen LogP contribution in [0.25, 0.3) is 0 Å². The molecule has 6 heteroatoms. The predicted octanol–water partition coefficient (Wildman–Crippen LogP) is 16.7. The molecule has 0 rings (SSSR count). The van der Waals surface area contributed by atoms with Crippen molar-refractivity contribution < 1.29 is 28.6 Å². The molecule has 0 heterocycles. The normalized spacial score (nSPS) is 12.4. The Hall–Kier alpha value is -2.63. The molecule has 0 amide bonds. The third-order valence-corrected chi connectivity index (χ3v) is 11.1. The maximum Gasteiger partial charge on any atom is 0.306 e. The van der Waals surface area contributed by atoms with Gasteiger partial charge < -0.3 is 14.2 Å². The van der Waals surface area contributed by atoms with E-state index in [2.05, 4.69) is 69.4 Å². The van der Waals surface area contributed by atoms with Crippen molar-refractivity contribution in [3.05, 3.63) is 48.6 Å². The summed E-state index contributed by atoms with van der Waals surface area (Å²) in [4.78, 5) is 37.9. The number of allylic oxidation sites excluding steroid dienone is 8. The van der Waals surface area contributed by atoms with Gasteiger partial charge in [0.25, 0.3) is 0 Å². The van der Waals surface area contributed by atoms with Gasteiger partial charge >= 0.3 is 17.9 Å². The Morgan fingerprint density at radius 3 is 0.983 bits per heavy atom. The number of hydrogen-bond donors (Lipinski definition) is 0. The molecule has 348 valence electrons. The Bertz CT molecular complexity index is 1060. The van der Waals surface area contributed by atoms with Gasteiger partial charge in [-0.2, -0.15) is 0 Å². The SMILES string of the molecule is CCCCC/C=C\C/C=C\C/C=C\CCCCCCC(=O)OC[C@@H](COC(=O)CCCCCCCCCCC)OC(=O)CCCCCCC/C=C\CCCCCCCCC. The van der Waals surface area contributed by atoms with Gasteiger partial charge in [0.2, 0.25) is 0 Å². The molecule has 0 saturated heterocycles. The second-order valence-corrected chi connectivity index (χ2v) is 17.1. The van der Waals surface area contributed by atoms with Crippen LogP contribution in [0.15, 0.2) is 48.6 Å². The summed E-state index contributed by atoms with van der Waals surface area (Å²) in [6.07, 6.45) is 58.1. The van der Waals surface area contributed by atoms with Crippen LogP contribution in [0.3, 0.4) is 0 Å². The van der Waals surface area contributed by atoms with Crippen molar-refractivity contribution in [2.45, 2.75) is 264 Å². The molecule has 0 unspecified atom stereocenters. The van der Waals surface area contributed by atoms with E-state index in [4.69, 9.17) is 14.2 Å². The van der Waals surface area contributed by atoms with Crippen LogP contribution in [0.5, 0.6) is 0 Å². The lowest BCUT2D eigenvalue weighted by atomic mass is 10.1. The first-order chi connectivity index (χ1) is 29.5. The van der Waals surface area contributed by atoms with Crippen molar-refractivity contribution in [2.24, 2.45) is 0 Å². The highest BCUT2D eigenvalue weighted by Gasteiger charge is 2.19. The van der Waals surface area contributed by atoms with Crippen LogP contribution in [-0.4, -0.2) is 37.2 Å². The second kappa shape index (κ2) is 49.0. The lowest BCUT2D eigenvalue weighted by molar-refractivity contribution is -0.167. The topological polar surface area (TPSA) is 78.9 Å². The molecule has 0 N–H and O–H groups in total. The number of unbranched alkanes of at least 4 members (excludes halogenated alkanes) is 27. The standard InChI is InChI=1S/C54H96O6/c1-4-7-10-13-16-19-21-23-25-27-29-30-32-35-38-41-44-47-53(56)59-50-51(49-58-52(55)46-43-40-37-34-18-15-12-9-6-3)60-54(57)48-45-42-39-36-33-31-28-26-24-22-20-17-14-11-8-5-2/h16,19,23,25-26,28-30,51H,4-15,17-18,20-22,24,27,31-50H2,1-3H3/b19-16-,25-23-,28-26-,30-29-/t51-/m1/s1. The van der Waals surface area contributed by atoms with E-state index in [1.807, 2.05) is 0 Å². The van der Waals surface area contributed by atoms with E-state index in [1.54, 1.807) is 0 Å².